The number of Topliss-reactive ketones (excluding diaryl/α,β-unsaturated/α-hetero) is 1. The molecule has 0 saturated heterocycles. The van der Waals surface area contributed by atoms with E-state index in [2.05, 4.69) is 36.4 Å². The minimum Gasteiger partial charge on any atom is -0.487 e. The van der Waals surface area contributed by atoms with Crippen molar-refractivity contribution in [3.8, 4) is 5.75 Å². The number of hydrogen-bond donors (Lipinski definition) is 0. The monoisotopic (exact) mass is 445 g/mol. The van der Waals surface area contributed by atoms with Crippen LogP contribution >= 0.6 is 0 Å². The van der Waals surface area contributed by atoms with E-state index >= 15 is 0 Å². The minimum atomic E-state index is 0.293. The fraction of sp³-hybridized carbons (Fsp3) is 0.500. The molecule has 3 aromatic rings. The maximum atomic E-state index is 13.5. The lowest BCUT2D eigenvalue weighted by molar-refractivity contribution is 0.0935. The standard InChI is InChI=1S/C30H39NO2/c1-3-5-7-11-23-15-17-24(18-16-23)20-28(32)30-26(4-2)21-27-29(14-10-19-31(27)30)33-22-25-12-8-6-9-13-25/h6,8-10,12-14,19,21,23-24H,3-5,7,11,15-18,20,22H2,1-2H3. The summed E-state index contributed by atoms with van der Waals surface area (Å²) >= 11 is 0. The first-order valence-corrected chi connectivity index (χ1v) is 13.0. The summed E-state index contributed by atoms with van der Waals surface area (Å²) in [4.78, 5) is 13.5. The van der Waals surface area contributed by atoms with Crippen LogP contribution in [0.25, 0.3) is 5.52 Å². The Labute approximate surface area is 199 Å². The third kappa shape index (κ3) is 5.88. The Balaban J connectivity index is 1.44. The lowest BCUT2D eigenvalue weighted by Gasteiger charge is -2.28. The van der Waals surface area contributed by atoms with Gasteiger partial charge in [0.2, 0.25) is 0 Å². The number of rotatable bonds is 11. The van der Waals surface area contributed by atoms with Crippen molar-refractivity contribution in [1.82, 2.24) is 4.40 Å². The number of unbranched alkanes of at least 4 members (excludes halogenated alkanes) is 2. The second-order valence-corrected chi connectivity index (χ2v) is 9.78. The fourth-order valence-electron chi connectivity index (χ4n) is 5.43. The molecule has 2 aromatic heterocycles. The van der Waals surface area contributed by atoms with Crippen molar-refractivity contribution in [1.29, 1.82) is 0 Å². The van der Waals surface area contributed by atoms with Crippen LogP contribution in [0.3, 0.4) is 0 Å². The summed E-state index contributed by atoms with van der Waals surface area (Å²) in [5, 5.41) is 0. The van der Waals surface area contributed by atoms with Gasteiger partial charge < -0.3 is 9.14 Å². The smallest absolute Gasteiger partial charge is 0.180 e. The number of ketones is 1. The van der Waals surface area contributed by atoms with E-state index in [9.17, 15) is 4.79 Å². The van der Waals surface area contributed by atoms with Crippen molar-refractivity contribution in [3.63, 3.8) is 0 Å². The van der Waals surface area contributed by atoms with Crippen LogP contribution in [0.2, 0.25) is 0 Å². The third-order valence-electron chi connectivity index (χ3n) is 7.39. The molecular formula is C30H39NO2. The quantitative estimate of drug-likeness (QED) is 0.221. The molecule has 0 atom stereocenters. The summed E-state index contributed by atoms with van der Waals surface area (Å²) in [5.41, 5.74) is 4.13. The number of aryl methyl sites for hydroxylation is 1. The molecule has 0 N–H and O–H groups in total. The molecule has 33 heavy (non-hydrogen) atoms. The summed E-state index contributed by atoms with van der Waals surface area (Å²) in [6.45, 7) is 4.94. The first-order valence-electron chi connectivity index (χ1n) is 13.0. The number of carbonyl (C=O) groups excluding carboxylic acids is 1. The van der Waals surface area contributed by atoms with E-state index in [-0.39, 0.29) is 0 Å². The molecule has 0 radical (unpaired) electrons. The van der Waals surface area contributed by atoms with Gasteiger partial charge in [0.15, 0.2) is 5.78 Å². The lowest BCUT2D eigenvalue weighted by Crippen LogP contribution is -2.19. The van der Waals surface area contributed by atoms with Crippen molar-refractivity contribution in [2.24, 2.45) is 11.8 Å². The van der Waals surface area contributed by atoms with Gasteiger partial charge in [-0.25, -0.2) is 0 Å². The van der Waals surface area contributed by atoms with E-state index in [4.69, 9.17) is 4.74 Å². The Kier molecular flexibility index (Phi) is 8.25. The Hall–Kier alpha value is -2.55. The van der Waals surface area contributed by atoms with Crippen LogP contribution in [-0.2, 0) is 13.0 Å². The van der Waals surface area contributed by atoms with Gasteiger partial charge >= 0.3 is 0 Å². The zero-order valence-corrected chi connectivity index (χ0v) is 20.4. The fourth-order valence-corrected chi connectivity index (χ4v) is 5.43. The Morgan fingerprint density at radius 1 is 0.970 bits per heavy atom. The molecule has 0 aliphatic heterocycles. The average Bonchev–Trinajstić information content (AvgIpc) is 3.24. The van der Waals surface area contributed by atoms with Crippen molar-refractivity contribution in [3.05, 3.63) is 71.5 Å². The van der Waals surface area contributed by atoms with Crippen LogP contribution in [-0.4, -0.2) is 10.2 Å². The maximum Gasteiger partial charge on any atom is 0.180 e. The van der Waals surface area contributed by atoms with Crippen LogP contribution in [0.1, 0.15) is 93.3 Å². The maximum absolute atomic E-state index is 13.5. The molecular weight excluding hydrogens is 406 g/mol. The zero-order valence-electron chi connectivity index (χ0n) is 20.4. The molecule has 0 bridgehead atoms. The van der Waals surface area contributed by atoms with Gasteiger partial charge in [-0.3, -0.25) is 4.79 Å². The van der Waals surface area contributed by atoms with Gasteiger partial charge in [0.25, 0.3) is 0 Å². The molecule has 0 spiro atoms. The summed E-state index contributed by atoms with van der Waals surface area (Å²) < 4.78 is 8.24. The van der Waals surface area contributed by atoms with Crippen molar-refractivity contribution in [2.45, 2.75) is 84.7 Å². The first kappa shape index (κ1) is 23.6. The minimum absolute atomic E-state index is 0.293. The topological polar surface area (TPSA) is 30.7 Å². The van der Waals surface area contributed by atoms with Gasteiger partial charge in [0, 0.05) is 12.6 Å². The van der Waals surface area contributed by atoms with Crippen molar-refractivity contribution >= 4 is 11.3 Å². The van der Waals surface area contributed by atoms with E-state index in [1.165, 1.54) is 51.4 Å². The predicted molar refractivity (Wildman–Crippen MR) is 136 cm³/mol. The van der Waals surface area contributed by atoms with E-state index in [0.29, 0.717) is 24.7 Å². The highest BCUT2D eigenvalue weighted by atomic mass is 16.5. The Morgan fingerprint density at radius 3 is 2.45 bits per heavy atom. The largest absolute Gasteiger partial charge is 0.487 e. The predicted octanol–water partition coefficient (Wildman–Crippen LogP) is 8.04. The molecule has 3 heteroatoms. The molecule has 1 aliphatic carbocycles. The molecule has 4 rings (SSSR count). The summed E-state index contributed by atoms with van der Waals surface area (Å²) in [5.74, 6) is 2.55. The number of benzene rings is 1. The summed E-state index contributed by atoms with van der Waals surface area (Å²) in [6, 6.07) is 16.4. The molecule has 0 unspecified atom stereocenters. The number of hydrogen-bond acceptors (Lipinski definition) is 2. The van der Waals surface area contributed by atoms with Crippen LogP contribution in [0.15, 0.2) is 54.7 Å². The van der Waals surface area contributed by atoms with Crippen LogP contribution in [0.4, 0.5) is 0 Å². The number of aromatic nitrogens is 1. The van der Waals surface area contributed by atoms with E-state index in [1.54, 1.807) is 0 Å². The number of ether oxygens (including phenoxy) is 1. The number of nitrogens with zero attached hydrogens (tertiary/aromatic N) is 1. The first-order chi connectivity index (χ1) is 16.2. The molecule has 0 amide bonds. The van der Waals surface area contributed by atoms with Gasteiger partial charge in [-0.15, -0.1) is 0 Å². The lowest BCUT2D eigenvalue weighted by atomic mass is 9.77. The van der Waals surface area contributed by atoms with Gasteiger partial charge in [0.1, 0.15) is 12.4 Å². The Morgan fingerprint density at radius 2 is 1.73 bits per heavy atom. The van der Waals surface area contributed by atoms with Crippen molar-refractivity contribution < 1.29 is 9.53 Å². The molecule has 1 fully saturated rings. The van der Waals surface area contributed by atoms with Gasteiger partial charge in [0.05, 0.1) is 11.2 Å². The van der Waals surface area contributed by atoms with E-state index in [0.717, 1.165) is 40.4 Å². The number of carbonyl (C=O) groups is 1. The van der Waals surface area contributed by atoms with Gasteiger partial charge in [-0.05, 0) is 60.4 Å². The SMILES string of the molecule is CCCCCC1CCC(CC(=O)c2c(CC)cc3c(OCc4ccccc4)cccn23)CC1. The number of fused-ring (bicyclic) bond motifs is 1. The van der Waals surface area contributed by atoms with E-state index in [1.807, 2.05) is 36.5 Å². The highest BCUT2D eigenvalue weighted by Gasteiger charge is 2.26. The third-order valence-corrected chi connectivity index (χ3v) is 7.39. The second kappa shape index (κ2) is 11.5. The highest BCUT2D eigenvalue weighted by Crippen LogP contribution is 2.35. The molecule has 1 aliphatic rings. The van der Waals surface area contributed by atoms with Crippen LogP contribution in [0.5, 0.6) is 5.75 Å². The summed E-state index contributed by atoms with van der Waals surface area (Å²) in [7, 11) is 0. The molecule has 1 saturated carbocycles. The molecule has 3 nitrogen and oxygen atoms in total. The van der Waals surface area contributed by atoms with Gasteiger partial charge in [-0.1, -0.05) is 82.7 Å². The number of pyridine rings is 1. The zero-order chi connectivity index (χ0) is 23.0. The van der Waals surface area contributed by atoms with Crippen LogP contribution in [0, 0.1) is 11.8 Å². The molecule has 1 aromatic carbocycles. The second-order valence-electron chi connectivity index (χ2n) is 9.78. The molecule has 176 valence electrons. The van der Waals surface area contributed by atoms with Crippen LogP contribution < -0.4 is 4.74 Å². The highest BCUT2D eigenvalue weighted by molar-refractivity contribution is 5.98. The van der Waals surface area contributed by atoms with E-state index < -0.39 is 0 Å². The summed E-state index contributed by atoms with van der Waals surface area (Å²) in [6.07, 6.45) is 14.0. The Bertz CT molecular complexity index is 1030. The normalized spacial score (nSPS) is 18.5. The van der Waals surface area contributed by atoms with Gasteiger partial charge in [-0.2, -0.15) is 0 Å². The average molecular weight is 446 g/mol. The van der Waals surface area contributed by atoms with Crippen molar-refractivity contribution in [2.75, 3.05) is 0 Å². The molecule has 2 heterocycles.